The van der Waals surface area contributed by atoms with Gasteiger partial charge in [0, 0.05) is 0 Å². The van der Waals surface area contributed by atoms with Gasteiger partial charge in [-0.05, 0) is 74.6 Å². The standard InChI is InChI=1S/C23H32N2O4S/c1-7-21(25(30(6,27)28)20-14-16(2)13-17(3)15-20)23(26)24-11-12-29-22-10-8-9-18(4)19(22)5/h8-10,13-15,21H,7,11-12H2,1-6H3,(H,24,26). The van der Waals surface area contributed by atoms with E-state index < -0.39 is 16.1 Å². The van der Waals surface area contributed by atoms with Gasteiger partial charge in [-0.1, -0.05) is 25.1 Å². The van der Waals surface area contributed by atoms with E-state index in [-0.39, 0.29) is 12.5 Å². The Hall–Kier alpha value is -2.54. The van der Waals surface area contributed by atoms with Gasteiger partial charge in [-0.2, -0.15) is 0 Å². The molecule has 7 heteroatoms. The smallest absolute Gasteiger partial charge is 0.244 e. The highest BCUT2D eigenvalue weighted by atomic mass is 32.2. The number of nitrogens with one attached hydrogen (secondary N) is 1. The van der Waals surface area contributed by atoms with Crippen molar-refractivity contribution >= 4 is 21.6 Å². The van der Waals surface area contributed by atoms with Crippen molar-refractivity contribution in [2.24, 2.45) is 0 Å². The molecule has 0 bridgehead atoms. The Morgan fingerprint density at radius 1 is 1.10 bits per heavy atom. The number of amides is 1. The number of hydrogen-bond donors (Lipinski definition) is 1. The molecule has 2 aromatic carbocycles. The van der Waals surface area contributed by atoms with E-state index in [9.17, 15) is 13.2 Å². The van der Waals surface area contributed by atoms with Crippen LogP contribution in [0.2, 0.25) is 0 Å². The molecule has 0 aromatic heterocycles. The van der Waals surface area contributed by atoms with E-state index in [2.05, 4.69) is 5.32 Å². The van der Waals surface area contributed by atoms with Gasteiger partial charge in [0.1, 0.15) is 18.4 Å². The highest BCUT2D eigenvalue weighted by molar-refractivity contribution is 7.92. The zero-order valence-corrected chi connectivity index (χ0v) is 19.5. The second-order valence-corrected chi connectivity index (χ2v) is 9.53. The molecule has 2 aromatic rings. The van der Waals surface area contributed by atoms with Crippen LogP contribution in [0.3, 0.4) is 0 Å². The van der Waals surface area contributed by atoms with Gasteiger partial charge in [0.25, 0.3) is 0 Å². The number of benzene rings is 2. The summed E-state index contributed by atoms with van der Waals surface area (Å²) in [4.78, 5) is 12.9. The number of rotatable bonds is 9. The second kappa shape index (κ2) is 9.98. The number of carbonyl (C=O) groups is 1. The Kier molecular flexibility index (Phi) is 7.89. The van der Waals surface area contributed by atoms with Crippen LogP contribution >= 0.6 is 0 Å². The molecule has 30 heavy (non-hydrogen) atoms. The van der Waals surface area contributed by atoms with Crippen LogP contribution < -0.4 is 14.4 Å². The van der Waals surface area contributed by atoms with Crippen LogP contribution in [-0.2, 0) is 14.8 Å². The maximum Gasteiger partial charge on any atom is 0.244 e. The lowest BCUT2D eigenvalue weighted by Gasteiger charge is -2.30. The van der Waals surface area contributed by atoms with Crippen LogP contribution in [0.15, 0.2) is 36.4 Å². The van der Waals surface area contributed by atoms with E-state index in [0.717, 1.165) is 34.3 Å². The number of ether oxygens (including phenoxy) is 1. The lowest BCUT2D eigenvalue weighted by atomic mass is 10.1. The van der Waals surface area contributed by atoms with Crippen molar-refractivity contribution < 1.29 is 17.9 Å². The van der Waals surface area contributed by atoms with Crippen LogP contribution in [0, 0.1) is 27.7 Å². The third-order valence-electron chi connectivity index (χ3n) is 5.00. The number of hydrogen-bond acceptors (Lipinski definition) is 4. The molecule has 0 spiro atoms. The third-order valence-corrected chi connectivity index (χ3v) is 6.18. The summed E-state index contributed by atoms with van der Waals surface area (Å²) in [5, 5.41) is 2.82. The predicted octanol–water partition coefficient (Wildman–Crippen LogP) is 3.66. The third kappa shape index (κ3) is 5.98. The van der Waals surface area contributed by atoms with Crippen molar-refractivity contribution in [1.29, 1.82) is 0 Å². The average Bonchev–Trinajstić information content (AvgIpc) is 2.64. The van der Waals surface area contributed by atoms with E-state index >= 15 is 0 Å². The molecule has 1 unspecified atom stereocenters. The molecule has 6 nitrogen and oxygen atoms in total. The number of aryl methyl sites for hydroxylation is 3. The highest BCUT2D eigenvalue weighted by Gasteiger charge is 2.31. The fraction of sp³-hybridized carbons (Fsp3) is 0.435. The Morgan fingerprint density at radius 2 is 1.73 bits per heavy atom. The van der Waals surface area contributed by atoms with Crippen molar-refractivity contribution in [1.82, 2.24) is 5.32 Å². The van der Waals surface area contributed by atoms with Crippen molar-refractivity contribution in [3.63, 3.8) is 0 Å². The number of nitrogens with zero attached hydrogens (tertiary/aromatic N) is 1. The van der Waals surface area contributed by atoms with Crippen molar-refractivity contribution in [2.45, 2.75) is 47.1 Å². The first kappa shape index (κ1) is 23.7. The van der Waals surface area contributed by atoms with E-state index in [1.807, 2.05) is 52.0 Å². The predicted molar refractivity (Wildman–Crippen MR) is 122 cm³/mol. The number of sulfonamides is 1. The van der Waals surface area contributed by atoms with Gasteiger partial charge < -0.3 is 10.1 Å². The molecule has 1 amide bonds. The van der Waals surface area contributed by atoms with Gasteiger partial charge in [0.2, 0.25) is 15.9 Å². The Morgan fingerprint density at radius 3 is 2.30 bits per heavy atom. The fourth-order valence-corrected chi connectivity index (χ4v) is 4.67. The molecule has 0 saturated heterocycles. The van der Waals surface area contributed by atoms with Gasteiger partial charge in [-0.3, -0.25) is 9.10 Å². The second-order valence-electron chi connectivity index (χ2n) is 7.67. The molecule has 0 aliphatic heterocycles. The topological polar surface area (TPSA) is 75.7 Å². The fourth-order valence-electron chi connectivity index (χ4n) is 3.47. The minimum atomic E-state index is -3.65. The minimum Gasteiger partial charge on any atom is -0.491 e. The first-order valence-corrected chi connectivity index (χ1v) is 11.9. The van der Waals surface area contributed by atoms with E-state index in [1.54, 1.807) is 19.1 Å². The summed E-state index contributed by atoms with van der Waals surface area (Å²) in [7, 11) is -3.65. The van der Waals surface area contributed by atoms with Crippen molar-refractivity contribution in [3.05, 3.63) is 58.7 Å². The molecule has 0 saturated carbocycles. The van der Waals surface area contributed by atoms with Crippen LogP contribution in [0.25, 0.3) is 0 Å². The van der Waals surface area contributed by atoms with E-state index in [0.29, 0.717) is 18.7 Å². The molecular weight excluding hydrogens is 400 g/mol. The zero-order valence-electron chi connectivity index (χ0n) is 18.7. The van der Waals surface area contributed by atoms with E-state index in [4.69, 9.17) is 4.74 Å². The number of anilines is 1. The highest BCUT2D eigenvalue weighted by Crippen LogP contribution is 2.25. The minimum absolute atomic E-state index is 0.285. The maximum atomic E-state index is 12.9. The summed E-state index contributed by atoms with van der Waals surface area (Å²) >= 11 is 0. The maximum absolute atomic E-state index is 12.9. The monoisotopic (exact) mass is 432 g/mol. The van der Waals surface area contributed by atoms with Crippen molar-refractivity contribution in [3.8, 4) is 5.75 Å². The van der Waals surface area contributed by atoms with Crippen LogP contribution in [0.1, 0.15) is 35.6 Å². The molecule has 0 heterocycles. The summed E-state index contributed by atoms with van der Waals surface area (Å²) in [5.41, 5.74) is 4.59. The normalized spacial score (nSPS) is 12.3. The van der Waals surface area contributed by atoms with E-state index in [1.165, 1.54) is 4.31 Å². The van der Waals surface area contributed by atoms with Crippen molar-refractivity contribution in [2.75, 3.05) is 23.7 Å². The Labute approximate surface area is 180 Å². The summed E-state index contributed by atoms with van der Waals surface area (Å²) in [5.74, 6) is 0.441. The number of carbonyl (C=O) groups excluding carboxylic acids is 1. The molecule has 1 atom stereocenters. The molecule has 1 N–H and O–H groups in total. The van der Waals surface area contributed by atoms with Gasteiger partial charge in [-0.25, -0.2) is 8.42 Å². The van der Waals surface area contributed by atoms with Gasteiger partial charge >= 0.3 is 0 Å². The lowest BCUT2D eigenvalue weighted by Crippen LogP contribution is -2.50. The molecule has 0 radical (unpaired) electrons. The summed E-state index contributed by atoms with van der Waals surface area (Å²) < 4.78 is 32.1. The Bertz CT molecular complexity index is 982. The molecule has 2 rings (SSSR count). The van der Waals surface area contributed by atoms with Gasteiger partial charge in [0.05, 0.1) is 18.5 Å². The largest absolute Gasteiger partial charge is 0.491 e. The average molecular weight is 433 g/mol. The quantitative estimate of drug-likeness (QED) is 0.614. The molecule has 0 aliphatic rings. The summed E-state index contributed by atoms with van der Waals surface area (Å²) in [6.07, 6.45) is 1.48. The van der Waals surface area contributed by atoms with Crippen LogP contribution in [0.5, 0.6) is 5.75 Å². The van der Waals surface area contributed by atoms with Crippen LogP contribution in [-0.4, -0.2) is 39.8 Å². The van der Waals surface area contributed by atoms with Crippen LogP contribution in [0.4, 0.5) is 5.69 Å². The molecule has 0 fully saturated rings. The van der Waals surface area contributed by atoms with Gasteiger partial charge in [0.15, 0.2) is 0 Å². The lowest BCUT2D eigenvalue weighted by molar-refractivity contribution is -0.122. The first-order valence-electron chi connectivity index (χ1n) is 10.1. The van der Waals surface area contributed by atoms with Gasteiger partial charge in [-0.15, -0.1) is 0 Å². The Balaban J connectivity index is 2.11. The molecule has 0 aliphatic carbocycles. The molecular formula is C23H32N2O4S. The summed E-state index contributed by atoms with van der Waals surface area (Å²) in [6.45, 7) is 10.2. The molecule has 164 valence electrons. The SMILES string of the molecule is CCC(C(=O)NCCOc1cccc(C)c1C)N(c1cc(C)cc(C)c1)S(C)(=O)=O. The summed E-state index contributed by atoms with van der Waals surface area (Å²) in [6, 6.07) is 10.5. The zero-order chi connectivity index (χ0) is 22.5. The first-order chi connectivity index (χ1) is 14.0.